The van der Waals surface area contributed by atoms with Crippen LogP contribution in [0, 0.1) is 33.7 Å². The van der Waals surface area contributed by atoms with Crippen molar-refractivity contribution in [2.45, 2.75) is 31.2 Å². The number of nitro benzene ring substituents is 1. The number of rotatable bonds is 2. The molecule has 1 aliphatic heterocycles. The Balaban J connectivity index is 1.62. The Morgan fingerprint density at radius 3 is 2.60 bits per heavy atom. The molecule has 2 aliphatic carbocycles. The van der Waals surface area contributed by atoms with Crippen LogP contribution in [0.2, 0.25) is 0 Å². The van der Waals surface area contributed by atoms with Crippen LogP contribution in [-0.4, -0.2) is 4.92 Å². The summed E-state index contributed by atoms with van der Waals surface area (Å²) in [6.45, 7) is 0. The van der Waals surface area contributed by atoms with Gasteiger partial charge < -0.3 is 5.32 Å². The Hall–Kier alpha value is -2.43. The fourth-order valence-electron chi connectivity index (χ4n) is 5.59. The maximum atomic E-state index is 13.3. The quantitative estimate of drug-likeness (QED) is 0.617. The van der Waals surface area contributed by atoms with Crippen molar-refractivity contribution < 1.29 is 9.31 Å². The van der Waals surface area contributed by atoms with Crippen LogP contribution >= 0.6 is 0 Å². The maximum absolute atomic E-state index is 13.3. The Morgan fingerprint density at radius 2 is 1.84 bits per heavy atom. The minimum Gasteiger partial charge on any atom is -0.378 e. The molecular formula is C20H19FN2O2. The first-order chi connectivity index (χ1) is 12.1. The average molecular weight is 338 g/mol. The average Bonchev–Trinajstić information content (AvgIpc) is 3.23. The van der Waals surface area contributed by atoms with Crippen LogP contribution in [0.3, 0.4) is 0 Å². The van der Waals surface area contributed by atoms with Gasteiger partial charge in [0.2, 0.25) is 0 Å². The lowest BCUT2D eigenvalue weighted by Gasteiger charge is -2.43. The van der Waals surface area contributed by atoms with Crippen LogP contribution in [0.5, 0.6) is 0 Å². The number of fused-ring (bicyclic) bond motifs is 7. The summed E-state index contributed by atoms with van der Waals surface area (Å²) < 4.78 is 13.3. The van der Waals surface area contributed by atoms with Gasteiger partial charge in [-0.2, -0.15) is 0 Å². The van der Waals surface area contributed by atoms with Gasteiger partial charge in [0.05, 0.1) is 11.0 Å². The molecule has 0 spiro atoms. The molecule has 0 amide bonds. The van der Waals surface area contributed by atoms with Crippen LogP contribution in [0.15, 0.2) is 42.5 Å². The molecule has 3 aliphatic rings. The van der Waals surface area contributed by atoms with Gasteiger partial charge in [-0.15, -0.1) is 0 Å². The first-order valence-electron chi connectivity index (χ1n) is 8.92. The van der Waals surface area contributed by atoms with Crippen molar-refractivity contribution in [3.05, 3.63) is 69.5 Å². The first kappa shape index (κ1) is 14.9. The number of hydrogen-bond acceptors (Lipinski definition) is 3. The monoisotopic (exact) mass is 338 g/mol. The van der Waals surface area contributed by atoms with E-state index in [0.717, 1.165) is 16.8 Å². The minimum absolute atomic E-state index is 0.148. The number of anilines is 1. The zero-order chi connectivity index (χ0) is 17.1. The highest BCUT2D eigenvalue weighted by molar-refractivity contribution is 5.62. The predicted molar refractivity (Wildman–Crippen MR) is 92.9 cm³/mol. The van der Waals surface area contributed by atoms with E-state index in [2.05, 4.69) is 5.32 Å². The van der Waals surface area contributed by atoms with E-state index in [-0.39, 0.29) is 22.5 Å². The molecule has 2 aromatic carbocycles. The van der Waals surface area contributed by atoms with Gasteiger partial charge in [-0.1, -0.05) is 12.1 Å². The molecule has 2 saturated carbocycles. The van der Waals surface area contributed by atoms with Gasteiger partial charge in [-0.3, -0.25) is 10.1 Å². The van der Waals surface area contributed by atoms with E-state index in [1.54, 1.807) is 12.1 Å². The number of hydrogen-bond donors (Lipinski definition) is 1. The van der Waals surface area contributed by atoms with Gasteiger partial charge in [-0.05, 0) is 72.3 Å². The summed E-state index contributed by atoms with van der Waals surface area (Å²) in [5, 5.41) is 14.8. The van der Waals surface area contributed by atoms with Crippen molar-refractivity contribution in [2.75, 3.05) is 5.32 Å². The summed E-state index contributed by atoms with van der Waals surface area (Å²) in [6, 6.07) is 12.1. The Bertz CT molecular complexity index is 851. The molecule has 25 heavy (non-hydrogen) atoms. The summed E-state index contributed by atoms with van der Waals surface area (Å²) in [5.74, 6) is 1.83. The third-order valence-corrected chi connectivity index (χ3v) is 6.51. The fourth-order valence-corrected chi connectivity index (χ4v) is 5.59. The Labute approximate surface area is 145 Å². The lowest BCUT2D eigenvalue weighted by atomic mass is 9.68. The molecule has 1 N–H and O–H groups in total. The van der Waals surface area contributed by atoms with E-state index in [1.807, 2.05) is 18.2 Å². The molecule has 2 bridgehead atoms. The van der Waals surface area contributed by atoms with Crippen molar-refractivity contribution in [1.29, 1.82) is 0 Å². The van der Waals surface area contributed by atoms with Gasteiger partial charge >= 0.3 is 0 Å². The highest BCUT2D eigenvalue weighted by Crippen LogP contribution is 2.63. The van der Waals surface area contributed by atoms with E-state index in [0.29, 0.717) is 23.7 Å². The van der Waals surface area contributed by atoms with E-state index < -0.39 is 0 Å². The molecule has 0 saturated heterocycles. The molecule has 5 atom stereocenters. The summed E-state index contributed by atoms with van der Waals surface area (Å²) >= 11 is 0. The molecule has 1 heterocycles. The van der Waals surface area contributed by atoms with Crippen molar-refractivity contribution in [2.24, 2.45) is 17.8 Å². The van der Waals surface area contributed by atoms with Gasteiger partial charge in [-0.25, -0.2) is 4.39 Å². The van der Waals surface area contributed by atoms with Gasteiger partial charge in [0.15, 0.2) is 0 Å². The summed E-state index contributed by atoms with van der Waals surface area (Å²) in [7, 11) is 0. The number of halogens is 1. The molecule has 5 heteroatoms. The van der Waals surface area contributed by atoms with E-state index in [9.17, 15) is 14.5 Å². The molecule has 0 radical (unpaired) electrons. The third-order valence-electron chi connectivity index (χ3n) is 6.51. The van der Waals surface area contributed by atoms with Crippen LogP contribution in [-0.2, 0) is 0 Å². The Morgan fingerprint density at radius 1 is 1.08 bits per heavy atom. The molecule has 4 nitrogen and oxygen atoms in total. The maximum Gasteiger partial charge on any atom is 0.269 e. The smallest absolute Gasteiger partial charge is 0.269 e. The topological polar surface area (TPSA) is 55.2 Å². The summed E-state index contributed by atoms with van der Waals surface area (Å²) in [5.41, 5.74) is 3.37. The van der Waals surface area contributed by atoms with E-state index in [4.69, 9.17) is 0 Å². The van der Waals surface area contributed by atoms with Crippen molar-refractivity contribution in [1.82, 2.24) is 0 Å². The normalized spacial score (nSPS) is 32.0. The standard InChI is InChI=1S/C20H19FN2O2/c21-14-5-3-11(4-6-14)20-19-13-2-1-12(9-13)18(19)16-10-15(23(24)25)7-8-17(16)22-20/h3-8,10,12-13,18-20,22H,1-2,9H2/t12-,13+,18-,19+,20-/m1/s1. The highest BCUT2D eigenvalue weighted by atomic mass is 19.1. The second kappa shape index (κ2) is 5.28. The van der Waals surface area contributed by atoms with Gasteiger partial charge in [0.25, 0.3) is 5.69 Å². The van der Waals surface area contributed by atoms with Crippen molar-refractivity contribution in [3.8, 4) is 0 Å². The van der Waals surface area contributed by atoms with Crippen LogP contribution in [0.4, 0.5) is 15.8 Å². The highest BCUT2D eigenvalue weighted by Gasteiger charge is 2.54. The largest absolute Gasteiger partial charge is 0.378 e. The summed E-state index contributed by atoms with van der Waals surface area (Å²) in [6.07, 6.45) is 3.65. The number of nitro groups is 1. The lowest BCUT2D eigenvalue weighted by molar-refractivity contribution is -0.384. The molecular weight excluding hydrogens is 319 g/mol. The lowest BCUT2D eigenvalue weighted by Crippen LogP contribution is -2.35. The Kier molecular flexibility index (Phi) is 3.14. The SMILES string of the molecule is O=[N+]([O-])c1ccc2c(c1)[C@H]1[C@@H]3CC[C@@H](C3)[C@@H]1[C@@H](c1ccc(F)cc1)N2. The molecule has 5 rings (SSSR count). The third kappa shape index (κ3) is 2.18. The minimum atomic E-state index is -0.311. The number of benzene rings is 2. The van der Waals surface area contributed by atoms with Crippen molar-refractivity contribution in [3.63, 3.8) is 0 Å². The van der Waals surface area contributed by atoms with E-state index >= 15 is 0 Å². The fraction of sp³-hybridized carbons (Fsp3) is 0.400. The second-order valence-electron chi connectivity index (χ2n) is 7.64. The van der Waals surface area contributed by atoms with Gasteiger partial charge in [0, 0.05) is 17.8 Å². The zero-order valence-corrected chi connectivity index (χ0v) is 13.7. The molecule has 128 valence electrons. The van der Waals surface area contributed by atoms with Crippen molar-refractivity contribution >= 4 is 11.4 Å². The second-order valence-corrected chi connectivity index (χ2v) is 7.64. The number of nitrogens with one attached hydrogen (secondary N) is 1. The molecule has 2 aromatic rings. The number of non-ortho nitro benzene ring substituents is 1. The zero-order valence-electron chi connectivity index (χ0n) is 13.7. The van der Waals surface area contributed by atoms with Gasteiger partial charge in [0.1, 0.15) is 5.82 Å². The molecule has 2 fully saturated rings. The summed E-state index contributed by atoms with van der Waals surface area (Å²) in [4.78, 5) is 10.9. The van der Waals surface area contributed by atoms with Crippen LogP contribution in [0.25, 0.3) is 0 Å². The molecule has 0 aromatic heterocycles. The van der Waals surface area contributed by atoms with Crippen LogP contribution in [0.1, 0.15) is 42.3 Å². The van der Waals surface area contributed by atoms with Crippen LogP contribution < -0.4 is 5.32 Å². The first-order valence-corrected chi connectivity index (χ1v) is 8.92. The number of nitrogens with zero attached hydrogens (tertiary/aromatic N) is 1. The molecule has 0 unspecified atom stereocenters. The predicted octanol–water partition coefficient (Wildman–Crippen LogP) is 5.03. The van der Waals surface area contributed by atoms with E-state index in [1.165, 1.54) is 31.4 Å².